The van der Waals surface area contributed by atoms with Gasteiger partial charge in [-0.15, -0.1) is 0 Å². The molecule has 0 aliphatic heterocycles. The summed E-state index contributed by atoms with van der Waals surface area (Å²) in [7, 11) is 2.13. The van der Waals surface area contributed by atoms with E-state index in [1.54, 1.807) is 11.1 Å². The molecule has 1 fully saturated rings. The average molecular weight is 372 g/mol. The van der Waals surface area contributed by atoms with E-state index < -0.39 is 0 Å². The van der Waals surface area contributed by atoms with E-state index in [0.717, 1.165) is 29.3 Å². The minimum absolute atomic E-state index is 0.622. The lowest BCUT2D eigenvalue weighted by atomic mass is 9.86. The third kappa shape index (κ3) is 2.70. The van der Waals surface area contributed by atoms with Crippen molar-refractivity contribution in [3.63, 3.8) is 0 Å². The highest BCUT2D eigenvalue weighted by Gasteiger charge is 2.37. The molecule has 1 heterocycles. The molecule has 28 heavy (non-hydrogen) atoms. The minimum Gasteiger partial charge on any atom is -0.198 e. The number of fused-ring (bicyclic) bond motifs is 6. The van der Waals surface area contributed by atoms with Crippen molar-refractivity contribution in [2.75, 3.05) is 0 Å². The van der Waals surface area contributed by atoms with Gasteiger partial charge < -0.3 is 0 Å². The summed E-state index contributed by atoms with van der Waals surface area (Å²) >= 11 is 0. The summed E-state index contributed by atoms with van der Waals surface area (Å²) in [4.78, 5) is 0. The minimum atomic E-state index is 0.622. The Hall–Kier alpha value is -2.15. The van der Waals surface area contributed by atoms with E-state index in [0.29, 0.717) is 12.0 Å². The van der Waals surface area contributed by atoms with Gasteiger partial charge in [-0.25, -0.2) is 0 Å². The van der Waals surface area contributed by atoms with Crippen LogP contribution in [0, 0.1) is 19.8 Å². The molecule has 2 aliphatic rings. The standard InChI is InChI=1S/C27H32N/c1-16(2)10-19-6-9-23-22(13-19)12-18(4)28(5)27(23)24-15-26-21-8-7-20(14-21)25(26)11-17(24)3/h6,9,11-13,15-16,20-21H,7-8,10,14H2,1-5H3/q+1/i12D. The molecule has 3 aromatic rings. The third-order valence-corrected chi connectivity index (χ3v) is 7.13. The monoisotopic (exact) mass is 371 g/mol. The van der Waals surface area contributed by atoms with E-state index >= 15 is 0 Å². The maximum Gasteiger partial charge on any atom is 0.220 e. The first-order valence-electron chi connectivity index (χ1n) is 11.4. The van der Waals surface area contributed by atoms with Crippen LogP contribution in [0.3, 0.4) is 0 Å². The SMILES string of the molecule is [2H]c1c(C)[n+](C)c(-c2cc3c(cc2C)C2CCC3C2)c2ccc(CC(C)C)cc12. The Kier molecular flexibility index (Phi) is 3.86. The summed E-state index contributed by atoms with van der Waals surface area (Å²) in [5, 5.41) is 2.30. The molecule has 2 atom stereocenters. The molecule has 0 N–H and O–H groups in total. The van der Waals surface area contributed by atoms with Gasteiger partial charge in [0.1, 0.15) is 7.05 Å². The van der Waals surface area contributed by atoms with Gasteiger partial charge in [0.25, 0.3) is 0 Å². The number of benzene rings is 2. The van der Waals surface area contributed by atoms with Crippen LogP contribution in [0.25, 0.3) is 22.0 Å². The molecular formula is C27H32N+. The Bertz CT molecular complexity index is 1140. The first kappa shape index (κ1) is 16.8. The summed E-state index contributed by atoms with van der Waals surface area (Å²) < 4.78 is 11.0. The van der Waals surface area contributed by atoms with Gasteiger partial charge in [-0.2, -0.15) is 4.57 Å². The molecule has 2 aromatic carbocycles. The zero-order chi connectivity index (χ0) is 20.4. The zero-order valence-corrected chi connectivity index (χ0v) is 17.9. The molecule has 1 nitrogen and oxygen atoms in total. The van der Waals surface area contributed by atoms with Crippen LogP contribution >= 0.6 is 0 Å². The van der Waals surface area contributed by atoms with E-state index in [9.17, 15) is 0 Å². The van der Waals surface area contributed by atoms with Gasteiger partial charge in [-0.3, -0.25) is 0 Å². The third-order valence-electron chi connectivity index (χ3n) is 7.13. The molecule has 0 saturated heterocycles. The van der Waals surface area contributed by atoms with Crippen LogP contribution in [0.2, 0.25) is 0 Å². The number of hydrogen-bond acceptors (Lipinski definition) is 0. The first-order valence-corrected chi connectivity index (χ1v) is 10.9. The summed E-state index contributed by atoms with van der Waals surface area (Å²) in [6.07, 6.45) is 5.15. The molecule has 2 unspecified atom stereocenters. The topological polar surface area (TPSA) is 3.88 Å². The number of aryl methyl sites for hydroxylation is 1. The van der Waals surface area contributed by atoms with Crippen LogP contribution in [-0.4, -0.2) is 0 Å². The van der Waals surface area contributed by atoms with E-state index in [-0.39, 0.29) is 0 Å². The van der Waals surface area contributed by atoms with Crippen LogP contribution in [-0.2, 0) is 13.5 Å². The van der Waals surface area contributed by atoms with Crippen LogP contribution in [0.15, 0.2) is 36.4 Å². The van der Waals surface area contributed by atoms with Crippen molar-refractivity contribution < 1.29 is 5.94 Å². The molecule has 1 heteroatoms. The summed E-state index contributed by atoms with van der Waals surface area (Å²) in [6, 6.07) is 12.4. The second kappa shape index (κ2) is 6.44. The van der Waals surface area contributed by atoms with E-state index in [1.807, 2.05) is 0 Å². The smallest absolute Gasteiger partial charge is 0.198 e. The fourth-order valence-electron chi connectivity index (χ4n) is 5.71. The van der Waals surface area contributed by atoms with Crippen molar-refractivity contribution >= 4 is 10.8 Å². The molecule has 0 amide bonds. The van der Waals surface area contributed by atoms with E-state index in [4.69, 9.17) is 1.37 Å². The lowest BCUT2D eigenvalue weighted by Gasteiger charge is -2.18. The number of hydrogen-bond donors (Lipinski definition) is 0. The highest BCUT2D eigenvalue weighted by atomic mass is 14.9. The second-order valence-corrected chi connectivity index (χ2v) is 9.60. The lowest BCUT2D eigenvalue weighted by molar-refractivity contribution is -0.665. The fourth-order valence-corrected chi connectivity index (χ4v) is 5.71. The van der Waals surface area contributed by atoms with Gasteiger partial charge in [-0.1, -0.05) is 32.0 Å². The molecule has 0 radical (unpaired) electrons. The Morgan fingerprint density at radius 3 is 2.50 bits per heavy atom. The highest BCUT2D eigenvalue weighted by molar-refractivity contribution is 5.94. The van der Waals surface area contributed by atoms with Crippen LogP contribution in [0.5, 0.6) is 0 Å². The summed E-state index contributed by atoms with van der Waals surface area (Å²) in [6.45, 7) is 8.87. The number of pyridine rings is 1. The van der Waals surface area contributed by atoms with Gasteiger partial charge in [0.05, 0.1) is 12.3 Å². The molecule has 144 valence electrons. The van der Waals surface area contributed by atoms with Gasteiger partial charge in [0.2, 0.25) is 5.69 Å². The average Bonchev–Trinajstić information content (AvgIpc) is 3.29. The second-order valence-electron chi connectivity index (χ2n) is 9.60. The number of aromatic nitrogens is 1. The predicted octanol–water partition coefficient (Wildman–Crippen LogP) is 6.51. The maximum absolute atomic E-state index is 8.79. The Morgan fingerprint density at radius 2 is 1.79 bits per heavy atom. The van der Waals surface area contributed by atoms with E-state index in [1.165, 1.54) is 47.0 Å². The number of nitrogens with zero attached hydrogens (tertiary/aromatic N) is 1. The predicted molar refractivity (Wildman–Crippen MR) is 118 cm³/mol. The Labute approximate surface area is 170 Å². The number of rotatable bonds is 3. The van der Waals surface area contributed by atoms with Crippen LogP contribution in [0.4, 0.5) is 0 Å². The summed E-state index contributed by atoms with van der Waals surface area (Å²) in [5.41, 5.74) is 9.58. The van der Waals surface area contributed by atoms with Crippen LogP contribution < -0.4 is 4.57 Å². The van der Waals surface area contributed by atoms with Crippen molar-refractivity contribution in [2.45, 2.75) is 65.2 Å². The molecule has 2 aliphatic carbocycles. The van der Waals surface area contributed by atoms with E-state index in [2.05, 4.69) is 69.6 Å². The first-order chi connectivity index (χ1) is 13.8. The van der Waals surface area contributed by atoms with Crippen LogP contribution in [0.1, 0.15) is 74.3 Å². The molecular weight excluding hydrogens is 338 g/mol. The Morgan fingerprint density at radius 1 is 1.07 bits per heavy atom. The van der Waals surface area contributed by atoms with Crippen molar-refractivity contribution in [3.8, 4) is 11.3 Å². The molecule has 2 bridgehead atoms. The van der Waals surface area contributed by atoms with Gasteiger partial charge in [-0.05, 0) is 90.1 Å². The molecule has 1 saturated carbocycles. The zero-order valence-electron chi connectivity index (χ0n) is 18.9. The van der Waals surface area contributed by atoms with Crippen molar-refractivity contribution in [3.05, 3.63) is 64.3 Å². The van der Waals surface area contributed by atoms with Crippen molar-refractivity contribution in [1.82, 2.24) is 0 Å². The van der Waals surface area contributed by atoms with Crippen molar-refractivity contribution in [2.24, 2.45) is 13.0 Å². The highest BCUT2D eigenvalue weighted by Crippen LogP contribution is 2.54. The van der Waals surface area contributed by atoms with Gasteiger partial charge >= 0.3 is 0 Å². The molecule has 5 rings (SSSR count). The molecule has 1 aromatic heterocycles. The van der Waals surface area contributed by atoms with Gasteiger partial charge in [0, 0.05) is 13.0 Å². The summed E-state index contributed by atoms with van der Waals surface area (Å²) in [5.74, 6) is 2.18. The maximum atomic E-state index is 8.79. The normalized spacial score (nSPS) is 20.9. The van der Waals surface area contributed by atoms with Gasteiger partial charge in [0.15, 0.2) is 5.69 Å². The molecule has 0 spiro atoms. The quantitative estimate of drug-likeness (QED) is 0.462. The lowest BCUT2D eigenvalue weighted by Crippen LogP contribution is -2.35. The van der Waals surface area contributed by atoms with Crippen molar-refractivity contribution in [1.29, 1.82) is 0 Å². The fraction of sp³-hybridized carbons (Fsp3) is 0.444. The largest absolute Gasteiger partial charge is 0.220 e. The Balaban J connectivity index is 1.76.